The molecule has 5 aromatic carbocycles. The lowest BCUT2D eigenvalue weighted by molar-refractivity contribution is -0.137. The minimum absolute atomic E-state index is 0.00875. The SMILES string of the molecule is CC(NCc1ccc2ccccc2c1)C(CC=Cc1ccc2ccccc2c1)c1ccc(C(F)(F)F)cc1. The number of allylic oxidation sites excluding steroid dienone is 1. The third-order valence-electron chi connectivity index (χ3n) is 7.19. The molecule has 38 heavy (non-hydrogen) atoms. The Bertz CT molecular complexity index is 1550. The lowest BCUT2D eigenvalue weighted by Gasteiger charge is -2.25. The quantitative estimate of drug-likeness (QED) is 0.220. The van der Waals surface area contributed by atoms with Gasteiger partial charge >= 0.3 is 6.18 Å². The molecule has 2 atom stereocenters. The van der Waals surface area contributed by atoms with Gasteiger partial charge in [0.2, 0.25) is 0 Å². The molecule has 0 aliphatic rings. The Kier molecular flexibility index (Phi) is 7.62. The zero-order chi connectivity index (χ0) is 26.5. The molecule has 0 fully saturated rings. The lowest BCUT2D eigenvalue weighted by Crippen LogP contribution is -2.31. The molecule has 0 bridgehead atoms. The van der Waals surface area contributed by atoms with E-state index in [0.717, 1.165) is 11.1 Å². The van der Waals surface area contributed by atoms with Gasteiger partial charge in [0.1, 0.15) is 0 Å². The maximum Gasteiger partial charge on any atom is 0.416 e. The Hall–Kier alpha value is -3.89. The predicted molar refractivity (Wildman–Crippen MR) is 152 cm³/mol. The summed E-state index contributed by atoms with van der Waals surface area (Å²) in [6.45, 7) is 2.78. The van der Waals surface area contributed by atoms with Crippen LogP contribution >= 0.6 is 0 Å². The van der Waals surface area contributed by atoms with Crippen molar-refractivity contribution >= 4 is 27.6 Å². The topological polar surface area (TPSA) is 12.0 Å². The Labute approximate surface area is 221 Å². The van der Waals surface area contributed by atoms with Crippen molar-refractivity contribution in [3.8, 4) is 0 Å². The second kappa shape index (κ2) is 11.2. The third kappa shape index (κ3) is 6.15. The number of rotatable bonds is 8. The summed E-state index contributed by atoms with van der Waals surface area (Å²) in [4.78, 5) is 0. The highest BCUT2D eigenvalue weighted by molar-refractivity contribution is 5.84. The van der Waals surface area contributed by atoms with Crippen molar-refractivity contribution in [2.75, 3.05) is 0 Å². The molecule has 0 saturated heterocycles. The molecule has 2 unspecified atom stereocenters. The molecule has 0 radical (unpaired) electrons. The number of fused-ring (bicyclic) bond motifs is 2. The molecule has 1 nitrogen and oxygen atoms in total. The second-order valence-corrected chi connectivity index (χ2v) is 9.82. The van der Waals surface area contributed by atoms with Crippen LogP contribution in [0.2, 0.25) is 0 Å². The van der Waals surface area contributed by atoms with Gasteiger partial charge in [-0.2, -0.15) is 13.2 Å². The molecular weight excluding hydrogens is 479 g/mol. The molecule has 0 amide bonds. The minimum Gasteiger partial charge on any atom is -0.310 e. The van der Waals surface area contributed by atoms with E-state index >= 15 is 0 Å². The number of hydrogen-bond donors (Lipinski definition) is 1. The van der Waals surface area contributed by atoms with Crippen molar-refractivity contribution in [2.45, 2.75) is 38.0 Å². The van der Waals surface area contributed by atoms with E-state index in [1.807, 2.05) is 24.3 Å². The van der Waals surface area contributed by atoms with Crippen molar-refractivity contribution in [1.82, 2.24) is 5.32 Å². The zero-order valence-corrected chi connectivity index (χ0v) is 21.2. The molecule has 0 aromatic heterocycles. The molecule has 0 aliphatic carbocycles. The van der Waals surface area contributed by atoms with Gasteiger partial charge in [-0.3, -0.25) is 0 Å². The first-order chi connectivity index (χ1) is 18.4. The highest BCUT2D eigenvalue weighted by Crippen LogP contribution is 2.32. The Balaban J connectivity index is 1.34. The Morgan fingerprint density at radius 1 is 0.711 bits per heavy atom. The van der Waals surface area contributed by atoms with Crippen LogP contribution in [0.25, 0.3) is 27.6 Å². The zero-order valence-electron chi connectivity index (χ0n) is 21.2. The van der Waals surface area contributed by atoms with Gasteiger partial charge in [0, 0.05) is 18.5 Å². The molecule has 5 rings (SSSR count). The highest BCUT2D eigenvalue weighted by Gasteiger charge is 2.30. The molecule has 1 N–H and O–H groups in total. The number of halogens is 3. The van der Waals surface area contributed by atoms with Crippen molar-refractivity contribution in [3.05, 3.63) is 138 Å². The standard InChI is InChI=1S/C34H30F3N/c1-24(38-23-26-14-16-28-9-3-5-11-31(28)22-26)33(29-17-19-32(20-18-29)34(35,36)37)12-6-7-25-13-15-27-8-2-4-10-30(27)21-25/h2-11,13-22,24,33,38H,12,23H2,1H3. The smallest absolute Gasteiger partial charge is 0.310 e. The monoisotopic (exact) mass is 509 g/mol. The van der Waals surface area contributed by atoms with E-state index in [4.69, 9.17) is 0 Å². The fourth-order valence-electron chi connectivity index (χ4n) is 4.98. The summed E-state index contributed by atoms with van der Waals surface area (Å²) >= 11 is 0. The van der Waals surface area contributed by atoms with Crippen molar-refractivity contribution in [2.24, 2.45) is 0 Å². The third-order valence-corrected chi connectivity index (χ3v) is 7.19. The van der Waals surface area contributed by atoms with Gasteiger partial charge in [-0.1, -0.05) is 97.1 Å². The van der Waals surface area contributed by atoms with Crippen LogP contribution in [0.5, 0.6) is 0 Å². The van der Waals surface area contributed by atoms with Crippen LogP contribution in [0.15, 0.2) is 115 Å². The fourth-order valence-corrected chi connectivity index (χ4v) is 4.98. The first-order valence-electron chi connectivity index (χ1n) is 12.9. The minimum atomic E-state index is -4.34. The van der Waals surface area contributed by atoms with E-state index < -0.39 is 11.7 Å². The fraction of sp³-hybridized carbons (Fsp3) is 0.176. The van der Waals surface area contributed by atoms with E-state index in [0.29, 0.717) is 13.0 Å². The van der Waals surface area contributed by atoms with Crippen LogP contribution in [0.1, 0.15) is 41.5 Å². The maximum absolute atomic E-state index is 13.2. The van der Waals surface area contributed by atoms with E-state index in [9.17, 15) is 13.2 Å². The van der Waals surface area contributed by atoms with Crippen LogP contribution in [0, 0.1) is 0 Å². The van der Waals surface area contributed by atoms with E-state index in [-0.39, 0.29) is 12.0 Å². The number of benzene rings is 5. The number of alkyl halides is 3. The summed E-state index contributed by atoms with van der Waals surface area (Å²) in [7, 11) is 0. The largest absolute Gasteiger partial charge is 0.416 e. The summed E-state index contributed by atoms with van der Waals surface area (Å²) in [5.41, 5.74) is 2.54. The van der Waals surface area contributed by atoms with E-state index in [1.54, 1.807) is 12.1 Å². The first-order valence-corrected chi connectivity index (χ1v) is 12.9. The van der Waals surface area contributed by atoms with Crippen LogP contribution in [-0.2, 0) is 12.7 Å². The average molecular weight is 510 g/mol. The highest BCUT2D eigenvalue weighted by atomic mass is 19.4. The normalized spacial score (nSPS) is 13.8. The number of hydrogen-bond acceptors (Lipinski definition) is 1. The predicted octanol–water partition coefficient (Wildman–Crippen LogP) is 9.38. The molecule has 0 spiro atoms. The van der Waals surface area contributed by atoms with Crippen LogP contribution in [-0.4, -0.2) is 6.04 Å². The van der Waals surface area contributed by atoms with Crippen LogP contribution in [0.3, 0.4) is 0 Å². The van der Waals surface area contributed by atoms with E-state index in [2.05, 4.69) is 85.1 Å². The first kappa shape index (κ1) is 25.7. The molecule has 4 heteroatoms. The average Bonchev–Trinajstić information content (AvgIpc) is 2.93. The molecule has 0 aliphatic heterocycles. The van der Waals surface area contributed by atoms with Crippen LogP contribution < -0.4 is 5.32 Å². The van der Waals surface area contributed by atoms with Gasteiger partial charge in [-0.25, -0.2) is 0 Å². The number of nitrogens with one attached hydrogen (secondary N) is 1. The summed E-state index contributed by atoms with van der Waals surface area (Å²) in [6.07, 6.45) is 0.578. The Morgan fingerprint density at radius 3 is 1.97 bits per heavy atom. The van der Waals surface area contributed by atoms with Crippen molar-refractivity contribution in [1.29, 1.82) is 0 Å². The summed E-state index contributed by atoms with van der Waals surface area (Å²) in [5.74, 6) is 0.00875. The van der Waals surface area contributed by atoms with Gasteiger partial charge in [0.15, 0.2) is 0 Å². The lowest BCUT2D eigenvalue weighted by atomic mass is 9.88. The summed E-state index contributed by atoms with van der Waals surface area (Å²) < 4.78 is 39.5. The molecular formula is C34H30F3N. The van der Waals surface area contributed by atoms with Gasteiger partial charge in [0.05, 0.1) is 5.56 Å². The van der Waals surface area contributed by atoms with Gasteiger partial charge in [-0.05, 0) is 75.8 Å². The van der Waals surface area contributed by atoms with Gasteiger partial charge in [0.25, 0.3) is 0 Å². The van der Waals surface area contributed by atoms with Crippen LogP contribution in [0.4, 0.5) is 13.2 Å². The maximum atomic E-state index is 13.2. The summed E-state index contributed by atoms with van der Waals surface area (Å²) in [5, 5.41) is 8.39. The molecule has 192 valence electrons. The second-order valence-electron chi connectivity index (χ2n) is 9.82. The Morgan fingerprint density at radius 2 is 1.32 bits per heavy atom. The molecule has 0 saturated carbocycles. The van der Waals surface area contributed by atoms with Gasteiger partial charge < -0.3 is 5.32 Å². The van der Waals surface area contributed by atoms with Crippen molar-refractivity contribution in [3.63, 3.8) is 0 Å². The molecule has 5 aromatic rings. The van der Waals surface area contributed by atoms with E-state index in [1.165, 1.54) is 39.2 Å². The molecule has 0 heterocycles. The van der Waals surface area contributed by atoms with Crippen molar-refractivity contribution < 1.29 is 13.2 Å². The summed E-state index contributed by atoms with van der Waals surface area (Å²) in [6, 6.07) is 34.9. The van der Waals surface area contributed by atoms with Gasteiger partial charge in [-0.15, -0.1) is 0 Å².